The van der Waals surface area contributed by atoms with E-state index in [0.717, 1.165) is 23.4 Å². The number of nitrogens with zero attached hydrogens (tertiary/aromatic N) is 1. The third kappa shape index (κ3) is 2.59. The molecule has 5 nitrogen and oxygen atoms in total. The first-order valence-corrected chi connectivity index (χ1v) is 8.66. The van der Waals surface area contributed by atoms with Crippen molar-refractivity contribution < 1.29 is 4.79 Å². The molecule has 0 spiro atoms. The van der Waals surface area contributed by atoms with Crippen LogP contribution >= 0.6 is 0 Å². The van der Waals surface area contributed by atoms with E-state index < -0.39 is 0 Å². The summed E-state index contributed by atoms with van der Waals surface area (Å²) in [4.78, 5) is 12.7. The average Bonchev–Trinajstić information content (AvgIpc) is 3.30. The first kappa shape index (κ1) is 15.3. The normalized spacial score (nSPS) is 25.0. The van der Waals surface area contributed by atoms with Crippen LogP contribution in [0, 0.1) is 0 Å². The Morgan fingerprint density at radius 3 is 2.83 bits per heavy atom. The quantitative estimate of drug-likeness (QED) is 0.809. The third-order valence-electron chi connectivity index (χ3n) is 5.42. The summed E-state index contributed by atoms with van der Waals surface area (Å²) in [5.74, 6) is 0.0212. The number of rotatable bonds is 4. The predicted molar refractivity (Wildman–Crippen MR) is 96.2 cm³/mol. The van der Waals surface area contributed by atoms with Crippen LogP contribution in [0.2, 0.25) is 0 Å². The Labute approximate surface area is 142 Å². The molecule has 2 aliphatic rings. The fraction of sp³-hybridized carbons (Fsp3) is 0.421. The zero-order valence-corrected chi connectivity index (χ0v) is 14.2. The lowest BCUT2D eigenvalue weighted by Crippen LogP contribution is -2.43. The van der Waals surface area contributed by atoms with Gasteiger partial charge in [0.05, 0.1) is 0 Å². The molecule has 3 heterocycles. The molecule has 0 unspecified atom stereocenters. The minimum atomic E-state index is 0.0212. The van der Waals surface area contributed by atoms with Crippen LogP contribution in [0.15, 0.2) is 36.4 Å². The molecular weight excluding hydrogens is 300 g/mol. The molecule has 3 atom stereocenters. The Hall–Kier alpha value is -2.27. The molecule has 0 radical (unpaired) electrons. The number of anilines is 1. The van der Waals surface area contributed by atoms with Crippen molar-refractivity contribution in [2.45, 2.75) is 37.4 Å². The smallest absolute Gasteiger partial charge is 0.268 e. The number of hydrogen-bond donors (Lipinski definition) is 3. The molecule has 2 fully saturated rings. The molecule has 0 saturated carbocycles. The molecule has 24 heavy (non-hydrogen) atoms. The molecule has 2 aromatic rings. The minimum absolute atomic E-state index is 0.0212. The van der Waals surface area contributed by atoms with Gasteiger partial charge >= 0.3 is 0 Å². The fourth-order valence-electron chi connectivity index (χ4n) is 4.09. The van der Waals surface area contributed by atoms with Crippen LogP contribution in [-0.4, -0.2) is 35.6 Å². The van der Waals surface area contributed by atoms with Gasteiger partial charge in [0, 0.05) is 49.2 Å². The first-order valence-electron chi connectivity index (χ1n) is 8.66. The molecule has 2 aliphatic heterocycles. The lowest BCUT2D eigenvalue weighted by molar-refractivity contribution is 0.0923. The van der Waals surface area contributed by atoms with Crippen LogP contribution in [0.1, 0.15) is 29.8 Å². The average molecular weight is 324 g/mol. The molecule has 4 rings (SSSR count). The lowest BCUT2D eigenvalue weighted by atomic mass is 9.95. The maximum atomic E-state index is 12.7. The van der Waals surface area contributed by atoms with Crippen molar-refractivity contribution in [3.63, 3.8) is 0 Å². The van der Waals surface area contributed by atoms with E-state index >= 15 is 0 Å². The number of amides is 1. The van der Waals surface area contributed by atoms with E-state index in [1.165, 1.54) is 12.8 Å². The van der Waals surface area contributed by atoms with E-state index in [0.29, 0.717) is 17.8 Å². The van der Waals surface area contributed by atoms with Crippen molar-refractivity contribution >= 4 is 11.6 Å². The number of fused-ring (bicyclic) bond motifs is 2. The van der Waals surface area contributed by atoms with Crippen molar-refractivity contribution in [2.24, 2.45) is 7.05 Å². The molecular formula is C19H24N4O. The van der Waals surface area contributed by atoms with Crippen LogP contribution in [0.5, 0.6) is 0 Å². The molecule has 1 aromatic heterocycles. The van der Waals surface area contributed by atoms with Crippen LogP contribution < -0.4 is 16.0 Å². The summed E-state index contributed by atoms with van der Waals surface area (Å²) in [6, 6.07) is 13.5. The standard InChI is InChI=1S/C19H24N4O/c1-20-13-5-3-4-12(10-13)17-8-9-18(23(17)2)19(24)22-16-11-14-6-7-15(16)21-14/h3-5,8-10,14-16,20-21H,6-7,11H2,1-2H3,(H,22,24)/t14-,15+,16-/m1/s1. The van der Waals surface area contributed by atoms with E-state index in [4.69, 9.17) is 0 Å². The van der Waals surface area contributed by atoms with Gasteiger partial charge in [0.15, 0.2) is 0 Å². The van der Waals surface area contributed by atoms with E-state index in [2.05, 4.69) is 28.1 Å². The predicted octanol–water partition coefficient (Wildman–Crippen LogP) is 2.36. The zero-order valence-electron chi connectivity index (χ0n) is 14.2. The maximum Gasteiger partial charge on any atom is 0.268 e. The highest BCUT2D eigenvalue weighted by Crippen LogP contribution is 2.29. The molecule has 0 aliphatic carbocycles. The fourth-order valence-corrected chi connectivity index (χ4v) is 4.09. The molecule has 1 amide bonds. The minimum Gasteiger partial charge on any atom is -0.388 e. The molecule has 2 bridgehead atoms. The first-order chi connectivity index (χ1) is 11.7. The van der Waals surface area contributed by atoms with Gasteiger partial charge in [-0.15, -0.1) is 0 Å². The second-order valence-corrected chi connectivity index (χ2v) is 6.86. The highest BCUT2D eigenvalue weighted by Gasteiger charge is 2.39. The van der Waals surface area contributed by atoms with Gasteiger partial charge in [-0.1, -0.05) is 12.1 Å². The van der Waals surface area contributed by atoms with Gasteiger partial charge in [0.25, 0.3) is 5.91 Å². The Kier molecular flexibility index (Phi) is 3.81. The van der Waals surface area contributed by atoms with Crippen LogP contribution in [-0.2, 0) is 7.05 Å². The summed E-state index contributed by atoms with van der Waals surface area (Å²) in [6.45, 7) is 0. The van der Waals surface area contributed by atoms with Crippen LogP contribution in [0.3, 0.4) is 0 Å². The van der Waals surface area contributed by atoms with Gasteiger partial charge < -0.3 is 20.5 Å². The summed E-state index contributed by atoms with van der Waals surface area (Å²) in [5, 5.41) is 9.94. The van der Waals surface area contributed by atoms with Gasteiger partial charge in [0.1, 0.15) is 5.69 Å². The number of carbonyl (C=O) groups is 1. The lowest BCUT2D eigenvalue weighted by Gasteiger charge is -2.21. The Morgan fingerprint density at radius 2 is 2.12 bits per heavy atom. The topological polar surface area (TPSA) is 58.1 Å². The second kappa shape index (κ2) is 5.98. The highest BCUT2D eigenvalue weighted by molar-refractivity contribution is 5.94. The summed E-state index contributed by atoms with van der Waals surface area (Å²) in [6.07, 6.45) is 3.47. The second-order valence-electron chi connectivity index (χ2n) is 6.86. The number of hydrogen-bond acceptors (Lipinski definition) is 3. The van der Waals surface area contributed by atoms with Crippen LogP contribution in [0.25, 0.3) is 11.3 Å². The van der Waals surface area contributed by atoms with E-state index in [9.17, 15) is 4.79 Å². The van der Waals surface area contributed by atoms with Crippen molar-refractivity contribution in [1.29, 1.82) is 0 Å². The summed E-state index contributed by atoms with van der Waals surface area (Å²) < 4.78 is 1.98. The molecule has 126 valence electrons. The van der Waals surface area contributed by atoms with E-state index in [1.807, 2.05) is 42.9 Å². The zero-order chi connectivity index (χ0) is 16.7. The van der Waals surface area contributed by atoms with Crippen molar-refractivity contribution in [3.8, 4) is 11.3 Å². The largest absolute Gasteiger partial charge is 0.388 e. The van der Waals surface area contributed by atoms with Crippen molar-refractivity contribution in [2.75, 3.05) is 12.4 Å². The monoisotopic (exact) mass is 324 g/mol. The molecule has 3 N–H and O–H groups in total. The van der Waals surface area contributed by atoms with E-state index in [-0.39, 0.29) is 11.9 Å². The van der Waals surface area contributed by atoms with Gasteiger partial charge in [-0.05, 0) is 43.5 Å². The Morgan fingerprint density at radius 1 is 1.25 bits per heavy atom. The summed E-state index contributed by atoms with van der Waals surface area (Å²) in [7, 11) is 3.86. The molecule has 5 heteroatoms. The number of benzene rings is 1. The molecule has 2 saturated heterocycles. The maximum absolute atomic E-state index is 12.7. The SMILES string of the molecule is CNc1cccc(-c2ccc(C(=O)N[C@@H]3C[C@H]4CC[C@@H]3N4)n2C)c1. The number of nitrogens with one attached hydrogen (secondary N) is 3. The number of carbonyl (C=O) groups excluding carboxylic acids is 1. The van der Waals surface area contributed by atoms with Gasteiger partial charge in [-0.3, -0.25) is 4.79 Å². The van der Waals surface area contributed by atoms with Gasteiger partial charge in [0.2, 0.25) is 0 Å². The Balaban J connectivity index is 1.54. The summed E-state index contributed by atoms with van der Waals surface area (Å²) in [5.41, 5.74) is 3.92. The van der Waals surface area contributed by atoms with Crippen molar-refractivity contribution in [1.82, 2.24) is 15.2 Å². The molecule has 1 aromatic carbocycles. The highest BCUT2D eigenvalue weighted by atomic mass is 16.2. The van der Waals surface area contributed by atoms with Gasteiger partial charge in [-0.25, -0.2) is 0 Å². The van der Waals surface area contributed by atoms with Crippen molar-refractivity contribution in [3.05, 3.63) is 42.1 Å². The van der Waals surface area contributed by atoms with E-state index in [1.54, 1.807) is 0 Å². The van der Waals surface area contributed by atoms with Gasteiger partial charge in [-0.2, -0.15) is 0 Å². The third-order valence-corrected chi connectivity index (χ3v) is 5.42. The number of aromatic nitrogens is 1. The summed E-state index contributed by atoms with van der Waals surface area (Å²) >= 11 is 0. The Bertz CT molecular complexity index is 766. The van der Waals surface area contributed by atoms with Crippen LogP contribution in [0.4, 0.5) is 5.69 Å².